The minimum absolute atomic E-state index is 0.248. The normalized spacial score (nSPS) is 11.8. The van der Waals surface area contributed by atoms with Crippen LogP contribution in [-0.2, 0) is 0 Å². The molecule has 26 heavy (non-hydrogen) atoms. The molecule has 0 radical (unpaired) electrons. The number of aromatic amines is 1. The zero-order valence-corrected chi connectivity index (χ0v) is 13.9. The number of H-pyrrole nitrogens is 1. The number of anilines is 2. The SMILES string of the molecule is Cc1c(F)cccc1-c1nc2c([nH]1)-c1ccncc1Nc1ncccc1-2. The highest BCUT2D eigenvalue weighted by Crippen LogP contribution is 2.42. The highest BCUT2D eigenvalue weighted by molar-refractivity contribution is 5.95. The second-order valence-electron chi connectivity index (χ2n) is 6.17. The van der Waals surface area contributed by atoms with Crippen molar-refractivity contribution >= 4 is 11.5 Å². The van der Waals surface area contributed by atoms with Gasteiger partial charge in [-0.15, -0.1) is 0 Å². The van der Waals surface area contributed by atoms with Crippen molar-refractivity contribution in [2.75, 3.05) is 5.32 Å². The van der Waals surface area contributed by atoms with Crippen LogP contribution in [0.1, 0.15) is 5.56 Å². The van der Waals surface area contributed by atoms with E-state index in [1.165, 1.54) is 6.07 Å². The summed E-state index contributed by atoms with van der Waals surface area (Å²) in [5.41, 5.74) is 5.63. The van der Waals surface area contributed by atoms with Crippen molar-refractivity contribution in [1.29, 1.82) is 0 Å². The van der Waals surface area contributed by atoms with Crippen LogP contribution in [0, 0.1) is 12.7 Å². The van der Waals surface area contributed by atoms with Crippen LogP contribution < -0.4 is 5.32 Å². The number of fused-ring (bicyclic) bond motifs is 5. The van der Waals surface area contributed by atoms with E-state index < -0.39 is 0 Å². The third-order valence-electron chi connectivity index (χ3n) is 4.63. The molecule has 2 N–H and O–H groups in total. The van der Waals surface area contributed by atoms with Gasteiger partial charge in [-0.25, -0.2) is 14.4 Å². The van der Waals surface area contributed by atoms with E-state index in [1.807, 2.05) is 24.3 Å². The van der Waals surface area contributed by atoms with Gasteiger partial charge >= 0.3 is 0 Å². The molecule has 0 amide bonds. The van der Waals surface area contributed by atoms with Gasteiger partial charge in [-0.05, 0) is 36.8 Å². The van der Waals surface area contributed by atoms with E-state index >= 15 is 0 Å². The van der Waals surface area contributed by atoms with Gasteiger partial charge in [-0.2, -0.15) is 0 Å². The van der Waals surface area contributed by atoms with Gasteiger partial charge in [-0.1, -0.05) is 12.1 Å². The van der Waals surface area contributed by atoms with E-state index in [1.54, 1.807) is 31.6 Å². The summed E-state index contributed by atoms with van der Waals surface area (Å²) < 4.78 is 14.0. The molecule has 6 heteroatoms. The summed E-state index contributed by atoms with van der Waals surface area (Å²) in [5.74, 6) is 1.10. The Bertz CT molecular complexity index is 1090. The Balaban J connectivity index is 1.82. The maximum atomic E-state index is 14.0. The number of imidazole rings is 1. The van der Waals surface area contributed by atoms with E-state index in [0.717, 1.165) is 39.6 Å². The van der Waals surface area contributed by atoms with Gasteiger partial charge in [0.25, 0.3) is 0 Å². The molecule has 1 aromatic carbocycles. The zero-order valence-electron chi connectivity index (χ0n) is 13.9. The van der Waals surface area contributed by atoms with Gasteiger partial charge in [0, 0.05) is 29.1 Å². The van der Waals surface area contributed by atoms with Gasteiger partial charge in [0.05, 0.1) is 17.6 Å². The first-order chi connectivity index (χ1) is 12.7. The Morgan fingerprint density at radius 2 is 1.85 bits per heavy atom. The molecule has 5 nitrogen and oxygen atoms in total. The molecular weight excluding hydrogens is 329 g/mol. The van der Waals surface area contributed by atoms with Crippen molar-refractivity contribution in [1.82, 2.24) is 19.9 Å². The minimum atomic E-state index is -0.248. The lowest BCUT2D eigenvalue weighted by molar-refractivity contribution is 0.619. The molecule has 0 aliphatic carbocycles. The highest BCUT2D eigenvalue weighted by atomic mass is 19.1. The summed E-state index contributed by atoms with van der Waals surface area (Å²) in [6.07, 6.45) is 5.23. The minimum Gasteiger partial charge on any atom is -0.338 e. The molecule has 0 unspecified atom stereocenters. The molecule has 4 heterocycles. The van der Waals surface area contributed by atoms with Gasteiger partial charge in [0.2, 0.25) is 0 Å². The summed E-state index contributed by atoms with van der Waals surface area (Å²) >= 11 is 0. The maximum Gasteiger partial charge on any atom is 0.139 e. The molecule has 1 aliphatic rings. The Morgan fingerprint density at radius 1 is 0.962 bits per heavy atom. The second-order valence-corrected chi connectivity index (χ2v) is 6.17. The number of pyridine rings is 2. The van der Waals surface area contributed by atoms with Gasteiger partial charge in [0.1, 0.15) is 23.2 Å². The summed E-state index contributed by atoms with van der Waals surface area (Å²) in [7, 11) is 0. The molecule has 0 spiro atoms. The largest absolute Gasteiger partial charge is 0.338 e. The van der Waals surface area contributed by atoms with Crippen LogP contribution in [0.25, 0.3) is 33.9 Å². The fourth-order valence-corrected chi connectivity index (χ4v) is 3.29. The third kappa shape index (κ3) is 2.12. The number of nitrogens with zero attached hydrogens (tertiary/aromatic N) is 3. The van der Waals surface area contributed by atoms with Crippen molar-refractivity contribution in [3.63, 3.8) is 0 Å². The van der Waals surface area contributed by atoms with Gasteiger partial charge < -0.3 is 10.3 Å². The van der Waals surface area contributed by atoms with Crippen LogP contribution in [0.15, 0.2) is 55.0 Å². The lowest BCUT2D eigenvalue weighted by Gasteiger charge is -2.08. The van der Waals surface area contributed by atoms with Crippen molar-refractivity contribution in [2.24, 2.45) is 0 Å². The highest BCUT2D eigenvalue weighted by Gasteiger charge is 2.24. The Morgan fingerprint density at radius 3 is 2.77 bits per heavy atom. The van der Waals surface area contributed by atoms with E-state index in [0.29, 0.717) is 11.4 Å². The number of benzene rings is 1. The third-order valence-corrected chi connectivity index (χ3v) is 4.63. The van der Waals surface area contributed by atoms with E-state index in [4.69, 9.17) is 4.98 Å². The summed E-state index contributed by atoms with van der Waals surface area (Å²) in [4.78, 5) is 16.8. The standard InChI is InChI=1S/C20H14FN5/c1-11-12(4-2-6-15(11)21)20-25-17-13-7-9-22-10-16(13)24-19-14(18(17)26-20)5-3-8-23-19/h2-10H,1H3,(H,23,24)(H,25,26). The first-order valence-electron chi connectivity index (χ1n) is 8.24. The fraction of sp³-hybridized carbons (Fsp3) is 0.0500. The van der Waals surface area contributed by atoms with E-state index in [-0.39, 0.29) is 5.82 Å². The van der Waals surface area contributed by atoms with Crippen LogP contribution in [0.2, 0.25) is 0 Å². The van der Waals surface area contributed by atoms with Crippen LogP contribution in [0.5, 0.6) is 0 Å². The summed E-state index contributed by atoms with van der Waals surface area (Å²) in [5, 5.41) is 3.32. The molecular formula is C20H14FN5. The predicted octanol–water partition coefficient (Wildman–Crippen LogP) is 4.71. The average Bonchev–Trinajstić information content (AvgIpc) is 3.04. The van der Waals surface area contributed by atoms with Crippen LogP contribution in [0.4, 0.5) is 15.9 Å². The quantitative estimate of drug-likeness (QED) is 0.463. The molecule has 126 valence electrons. The van der Waals surface area contributed by atoms with Crippen molar-refractivity contribution in [3.05, 3.63) is 66.4 Å². The van der Waals surface area contributed by atoms with Crippen molar-refractivity contribution < 1.29 is 4.39 Å². The molecule has 0 bridgehead atoms. The lowest BCUT2D eigenvalue weighted by atomic mass is 10.1. The Hall–Kier alpha value is -3.54. The number of hydrogen-bond acceptors (Lipinski definition) is 4. The molecule has 5 rings (SSSR count). The van der Waals surface area contributed by atoms with E-state index in [9.17, 15) is 4.39 Å². The van der Waals surface area contributed by atoms with Crippen molar-refractivity contribution in [3.8, 4) is 33.9 Å². The molecule has 3 aromatic heterocycles. The summed E-state index contributed by atoms with van der Waals surface area (Å²) in [6.45, 7) is 1.76. The molecule has 4 aromatic rings. The number of rotatable bonds is 1. The lowest BCUT2D eigenvalue weighted by Crippen LogP contribution is -1.96. The van der Waals surface area contributed by atoms with E-state index in [2.05, 4.69) is 20.3 Å². The molecule has 0 saturated carbocycles. The second kappa shape index (κ2) is 5.49. The first-order valence-corrected chi connectivity index (χ1v) is 8.24. The van der Waals surface area contributed by atoms with Gasteiger partial charge in [0.15, 0.2) is 0 Å². The molecule has 0 saturated heterocycles. The molecule has 0 fully saturated rings. The van der Waals surface area contributed by atoms with Crippen molar-refractivity contribution in [2.45, 2.75) is 6.92 Å². The molecule has 0 atom stereocenters. The number of hydrogen-bond donors (Lipinski definition) is 2. The zero-order chi connectivity index (χ0) is 17.7. The Labute approximate surface area is 149 Å². The average molecular weight is 343 g/mol. The predicted molar refractivity (Wildman–Crippen MR) is 98.5 cm³/mol. The fourth-order valence-electron chi connectivity index (χ4n) is 3.29. The number of halogens is 1. The summed E-state index contributed by atoms with van der Waals surface area (Å²) in [6, 6.07) is 10.8. The van der Waals surface area contributed by atoms with Crippen LogP contribution in [0.3, 0.4) is 0 Å². The smallest absolute Gasteiger partial charge is 0.139 e. The monoisotopic (exact) mass is 343 g/mol. The molecule has 1 aliphatic heterocycles. The topological polar surface area (TPSA) is 66.5 Å². The number of aromatic nitrogens is 4. The van der Waals surface area contributed by atoms with Crippen LogP contribution >= 0.6 is 0 Å². The Kier molecular flexibility index (Phi) is 3.12. The number of nitrogens with one attached hydrogen (secondary N) is 2. The van der Waals surface area contributed by atoms with Crippen LogP contribution in [-0.4, -0.2) is 19.9 Å². The maximum absolute atomic E-state index is 14.0. The van der Waals surface area contributed by atoms with Gasteiger partial charge in [-0.3, -0.25) is 4.98 Å². The first kappa shape index (κ1) is 14.8.